The van der Waals surface area contributed by atoms with Crippen LogP contribution in [0.5, 0.6) is 0 Å². The number of carbonyl (C=O) groups excluding carboxylic acids is 2. The largest absolute Gasteiger partial charge is 0.466 e. The van der Waals surface area contributed by atoms with Crippen LogP contribution >= 0.6 is 0 Å². The summed E-state index contributed by atoms with van der Waals surface area (Å²) in [5.74, 6) is -1.77. The van der Waals surface area contributed by atoms with Crippen LogP contribution in [0.3, 0.4) is 0 Å². The van der Waals surface area contributed by atoms with Gasteiger partial charge in [-0.25, -0.2) is 4.39 Å². The summed E-state index contributed by atoms with van der Waals surface area (Å²) in [5.41, 5.74) is 5.28. The number of carbonyl (C=O) groups is 2. The second-order valence-electron chi connectivity index (χ2n) is 3.86. The Kier molecular flexibility index (Phi) is 5.78. The van der Waals surface area contributed by atoms with Gasteiger partial charge in [0.25, 0.3) is 5.91 Å². The number of ether oxygens (including phenoxy) is 1. The predicted molar refractivity (Wildman–Crippen MR) is 69.3 cm³/mol. The molecule has 0 heterocycles. The van der Waals surface area contributed by atoms with Crippen LogP contribution in [0.1, 0.15) is 30.1 Å². The number of halogens is 1. The standard InChI is InChI=1S/C13H17FN2O3/c1-2-19-11(17)7-4-8-16-10-6-3-5-9(14)12(10)13(15)18/h3,5-6,16H,2,4,7-8H2,1H3,(H2,15,18). The number of hydrogen-bond acceptors (Lipinski definition) is 4. The highest BCUT2D eigenvalue weighted by atomic mass is 19.1. The van der Waals surface area contributed by atoms with Crippen LogP contribution in [0.25, 0.3) is 0 Å². The summed E-state index contributed by atoms with van der Waals surface area (Å²) in [7, 11) is 0. The van der Waals surface area contributed by atoms with Gasteiger partial charge in [-0.3, -0.25) is 9.59 Å². The molecular weight excluding hydrogens is 251 g/mol. The number of nitrogens with one attached hydrogen (secondary N) is 1. The molecule has 0 bridgehead atoms. The molecule has 0 saturated carbocycles. The molecule has 1 aromatic rings. The van der Waals surface area contributed by atoms with Gasteiger partial charge in [0.15, 0.2) is 0 Å². The Morgan fingerprint density at radius 1 is 1.42 bits per heavy atom. The molecule has 0 spiro atoms. The average Bonchev–Trinajstić information content (AvgIpc) is 2.34. The zero-order chi connectivity index (χ0) is 14.3. The molecule has 0 atom stereocenters. The highest BCUT2D eigenvalue weighted by molar-refractivity contribution is 5.98. The van der Waals surface area contributed by atoms with E-state index in [1.54, 1.807) is 13.0 Å². The first kappa shape index (κ1) is 14.9. The Morgan fingerprint density at radius 2 is 2.16 bits per heavy atom. The lowest BCUT2D eigenvalue weighted by Crippen LogP contribution is -2.17. The maximum Gasteiger partial charge on any atom is 0.305 e. The molecule has 0 aliphatic carbocycles. The van der Waals surface area contributed by atoms with Crippen molar-refractivity contribution in [1.82, 2.24) is 0 Å². The summed E-state index contributed by atoms with van der Waals surface area (Å²) in [6.07, 6.45) is 0.787. The Hall–Kier alpha value is -2.11. The number of rotatable bonds is 7. The molecule has 1 aromatic carbocycles. The van der Waals surface area contributed by atoms with Crippen molar-refractivity contribution in [2.45, 2.75) is 19.8 Å². The molecule has 0 fully saturated rings. The van der Waals surface area contributed by atoms with Crippen molar-refractivity contribution in [3.8, 4) is 0 Å². The van der Waals surface area contributed by atoms with Gasteiger partial charge in [0.05, 0.1) is 12.2 Å². The molecule has 0 aliphatic rings. The lowest BCUT2D eigenvalue weighted by molar-refractivity contribution is -0.143. The molecule has 0 unspecified atom stereocenters. The Labute approximate surface area is 110 Å². The molecule has 1 amide bonds. The maximum absolute atomic E-state index is 13.4. The monoisotopic (exact) mass is 268 g/mol. The minimum Gasteiger partial charge on any atom is -0.466 e. The van der Waals surface area contributed by atoms with Crippen molar-refractivity contribution >= 4 is 17.6 Å². The minimum atomic E-state index is -0.828. The van der Waals surface area contributed by atoms with Crippen molar-refractivity contribution in [2.24, 2.45) is 5.73 Å². The van der Waals surface area contributed by atoms with Crippen LogP contribution in [0.15, 0.2) is 18.2 Å². The van der Waals surface area contributed by atoms with Crippen molar-refractivity contribution in [2.75, 3.05) is 18.5 Å². The van der Waals surface area contributed by atoms with E-state index in [0.717, 1.165) is 0 Å². The van der Waals surface area contributed by atoms with Crippen molar-refractivity contribution in [1.29, 1.82) is 0 Å². The number of benzene rings is 1. The van der Waals surface area contributed by atoms with E-state index in [0.29, 0.717) is 25.3 Å². The molecule has 3 N–H and O–H groups in total. The smallest absolute Gasteiger partial charge is 0.305 e. The third-order valence-electron chi connectivity index (χ3n) is 2.44. The number of primary amides is 1. The van der Waals surface area contributed by atoms with E-state index < -0.39 is 11.7 Å². The van der Waals surface area contributed by atoms with Crippen molar-refractivity contribution < 1.29 is 18.7 Å². The first-order valence-corrected chi connectivity index (χ1v) is 6.04. The average molecular weight is 268 g/mol. The van der Waals surface area contributed by atoms with E-state index in [9.17, 15) is 14.0 Å². The lowest BCUT2D eigenvalue weighted by Gasteiger charge is -2.10. The van der Waals surface area contributed by atoms with E-state index >= 15 is 0 Å². The van der Waals surface area contributed by atoms with Crippen molar-refractivity contribution in [3.05, 3.63) is 29.6 Å². The van der Waals surface area contributed by atoms with Crippen molar-refractivity contribution in [3.63, 3.8) is 0 Å². The van der Waals surface area contributed by atoms with Crippen LogP contribution in [0, 0.1) is 5.82 Å². The Bertz CT molecular complexity index is 463. The van der Waals surface area contributed by atoms with E-state index in [4.69, 9.17) is 10.5 Å². The van der Waals surface area contributed by atoms with Crippen LogP contribution in [-0.2, 0) is 9.53 Å². The first-order valence-electron chi connectivity index (χ1n) is 6.04. The van der Waals surface area contributed by atoms with E-state index in [2.05, 4.69) is 5.32 Å². The van der Waals surface area contributed by atoms with Gasteiger partial charge in [0.2, 0.25) is 0 Å². The summed E-state index contributed by atoms with van der Waals surface area (Å²) >= 11 is 0. The third kappa shape index (κ3) is 4.57. The van der Waals surface area contributed by atoms with Gasteiger partial charge in [-0.2, -0.15) is 0 Å². The summed E-state index contributed by atoms with van der Waals surface area (Å²) in [6, 6.07) is 4.22. The lowest BCUT2D eigenvalue weighted by atomic mass is 10.1. The third-order valence-corrected chi connectivity index (χ3v) is 2.44. The fraction of sp³-hybridized carbons (Fsp3) is 0.385. The van der Waals surface area contributed by atoms with E-state index in [1.807, 2.05) is 0 Å². The molecule has 6 heteroatoms. The molecule has 1 rings (SSSR count). The number of hydrogen-bond donors (Lipinski definition) is 2. The zero-order valence-corrected chi connectivity index (χ0v) is 10.7. The molecule has 5 nitrogen and oxygen atoms in total. The Morgan fingerprint density at radius 3 is 2.79 bits per heavy atom. The van der Waals surface area contributed by atoms with Gasteiger partial charge in [-0.05, 0) is 25.5 Å². The molecule has 19 heavy (non-hydrogen) atoms. The SMILES string of the molecule is CCOC(=O)CCCNc1cccc(F)c1C(N)=O. The van der Waals surface area contributed by atoms with Crippen LogP contribution in [0.4, 0.5) is 10.1 Å². The minimum absolute atomic E-state index is 0.168. The van der Waals surface area contributed by atoms with Gasteiger partial charge < -0.3 is 15.8 Å². The topological polar surface area (TPSA) is 81.4 Å². The van der Waals surface area contributed by atoms with Crippen LogP contribution in [0.2, 0.25) is 0 Å². The summed E-state index contributed by atoms with van der Waals surface area (Å²) in [6.45, 7) is 2.51. The van der Waals surface area contributed by atoms with E-state index in [1.165, 1.54) is 12.1 Å². The molecular formula is C13H17FN2O3. The first-order chi connectivity index (χ1) is 9.06. The number of esters is 1. The summed E-state index contributed by atoms with van der Waals surface area (Å²) in [5, 5.41) is 2.88. The number of anilines is 1. The van der Waals surface area contributed by atoms with Gasteiger partial charge in [0, 0.05) is 18.7 Å². The fourth-order valence-corrected chi connectivity index (χ4v) is 1.61. The quantitative estimate of drug-likeness (QED) is 0.582. The van der Waals surface area contributed by atoms with Gasteiger partial charge in [-0.1, -0.05) is 6.07 Å². The summed E-state index contributed by atoms with van der Waals surface area (Å²) < 4.78 is 18.2. The second-order valence-corrected chi connectivity index (χ2v) is 3.86. The molecule has 0 aromatic heterocycles. The molecule has 0 radical (unpaired) electrons. The Balaban J connectivity index is 2.52. The van der Waals surface area contributed by atoms with Gasteiger partial charge in [-0.15, -0.1) is 0 Å². The highest BCUT2D eigenvalue weighted by Crippen LogP contribution is 2.18. The number of nitrogens with two attached hydrogens (primary N) is 1. The van der Waals surface area contributed by atoms with Crippen LogP contribution in [-0.4, -0.2) is 25.0 Å². The zero-order valence-electron chi connectivity index (χ0n) is 10.7. The number of amides is 1. The van der Waals surface area contributed by atoms with Crippen LogP contribution < -0.4 is 11.1 Å². The van der Waals surface area contributed by atoms with Gasteiger partial charge in [0.1, 0.15) is 5.82 Å². The molecule has 0 saturated heterocycles. The maximum atomic E-state index is 13.4. The molecule has 104 valence electrons. The van der Waals surface area contributed by atoms with E-state index in [-0.39, 0.29) is 18.0 Å². The van der Waals surface area contributed by atoms with Gasteiger partial charge >= 0.3 is 5.97 Å². The highest BCUT2D eigenvalue weighted by Gasteiger charge is 2.13. The predicted octanol–water partition coefficient (Wildman–Crippen LogP) is 1.68. The second kappa shape index (κ2) is 7.35. The normalized spacial score (nSPS) is 10.0. The summed E-state index contributed by atoms with van der Waals surface area (Å²) in [4.78, 5) is 22.2. The fourth-order valence-electron chi connectivity index (χ4n) is 1.61. The molecule has 0 aliphatic heterocycles.